The summed E-state index contributed by atoms with van der Waals surface area (Å²) in [6.07, 6.45) is 0. The van der Waals surface area contributed by atoms with Crippen LogP contribution in [0.5, 0.6) is 0 Å². The Labute approximate surface area is 143 Å². The Hall–Kier alpha value is -1.80. The fraction of sp³-hybridized carbons (Fsp3) is 0.0714. The molecule has 2 aromatic rings. The van der Waals surface area contributed by atoms with E-state index in [1.807, 2.05) is 0 Å². The summed E-state index contributed by atoms with van der Waals surface area (Å²) in [4.78, 5) is 11.8. The SMILES string of the molecule is NS(=O)(=O)c1ccc(CNC(=O)Nc2cc(Cl)ccc2Cl)cc1. The minimum absolute atomic E-state index is 0.0106. The molecule has 0 aromatic heterocycles. The number of anilines is 1. The average molecular weight is 374 g/mol. The topological polar surface area (TPSA) is 101 Å². The van der Waals surface area contributed by atoms with Crippen LogP contribution < -0.4 is 15.8 Å². The third kappa shape index (κ3) is 5.11. The van der Waals surface area contributed by atoms with Gasteiger partial charge in [-0.3, -0.25) is 0 Å². The lowest BCUT2D eigenvalue weighted by Gasteiger charge is -2.09. The van der Waals surface area contributed by atoms with E-state index in [9.17, 15) is 13.2 Å². The van der Waals surface area contributed by atoms with Crippen LogP contribution in [0.3, 0.4) is 0 Å². The molecule has 0 bridgehead atoms. The summed E-state index contributed by atoms with van der Waals surface area (Å²) in [7, 11) is -3.73. The number of rotatable bonds is 4. The summed E-state index contributed by atoms with van der Waals surface area (Å²) >= 11 is 11.8. The number of primary sulfonamides is 1. The van der Waals surface area contributed by atoms with Gasteiger partial charge in [-0.1, -0.05) is 35.3 Å². The zero-order chi connectivity index (χ0) is 17.0. The van der Waals surface area contributed by atoms with Crippen molar-refractivity contribution in [3.63, 3.8) is 0 Å². The number of amides is 2. The zero-order valence-electron chi connectivity index (χ0n) is 11.7. The maximum Gasteiger partial charge on any atom is 0.319 e. The molecule has 2 rings (SSSR count). The number of nitrogens with one attached hydrogen (secondary N) is 2. The Morgan fingerprint density at radius 3 is 2.35 bits per heavy atom. The smallest absolute Gasteiger partial charge is 0.319 e. The number of carbonyl (C=O) groups excluding carboxylic acids is 1. The highest BCUT2D eigenvalue weighted by atomic mass is 35.5. The molecule has 0 atom stereocenters. The van der Waals surface area contributed by atoms with E-state index in [1.165, 1.54) is 18.2 Å². The van der Waals surface area contributed by atoms with Gasteiger partial charge >= 0.3 is 6.03 Å². The van der Waals surface area contributed by atoms with Gasteiger partial charge in [0.2, 0.25) is 10.0 Å². The highest BCUT2D eigenvalue weighted by molar-refractivity contribution is 7.89. The van der Waals surface area contributed by atoms with Crippen LogP contribution >= 0.6 is 23.2 Å². The number of hydrogen-bond donors (Lipinski definition) is 3. The second-order valence-corrected chi connectivity index (χ2v) is 7.03. The van der Waals surface area contributed by atoms with Crippen LogP contribution in [0.2, 0.25) is 10.0 Å². The summed E-state index contributed by atoms with van der Waals surface area (Å²) < 4.78 is 22.3. The van der Waals surface area contributed by atoms with Crippen LogP contribution in [0.4, 0.5) is 10.5 Å². The zero-order valence-corrected chi connectivity index (χ0v) is 14.0. The third-order valence-electron chi connectivity index (χ3n) is 2.88. The fourth-order valence-corrected chi connectivity index (χ4v) is 2.59. The molecule has 9 heteroatoms. The number of halogens is 2. The number of benzene rings is 2. The highest BCUT2D eigenvalue weighted by Crippen LogP contribution is 2.25. The summed E-state index contributed by atoms with van der Waals surface area (Å²) in [5.74, 6) is 0. The van der Waals surface area contributed by atoms with E-state index in [-0.39, 0.29) is 11.4 Å². The van der Waals surface area contributed by atoms with Crippen molar-refractivity contribution >= 4 is 44.9 Å². The largest absolute Gasteiger partial charge is 0.334 e. The fourth-order valence-electron chi connectivity index (χ4n) is 1.74. The summed E-state index contributed by atoms with van der Waals surface area (Å²) in [5.41, 5.74) is 1.10. The molecule has 0 aliphatic rings. The molecule has 0 heterocycles. The Balaban J connectivity index is 1.95. The molecule has 0 radical (unpaired) electrons. The van der Waals surface area contributed by atoms with Crippen molar-refractivity contribution in [3.05, 3.63) is 58.1 Å². The van der Waals surface area contributed by atoms with Crippen LogP contribution in [-0.4, -0.2) is 14.4 Å². The van der Waals surface area contributed by atoms with Gasteiger partial charge in [0.15, 0.2) is 0 Å². The Morgan fingerprint density at radius 2 is 1.74 bits per heavy atom. The molecule has 0 aliphatic carbocycles. The average Bonchev–Trinajstić information content (AvgIpc) is 2.48. The normalized spacial score (nSPS) is 11.1. The van der Waals surface area contributed by atoms with Gasteiger partial charge in [0.1, 0.15) is 0 Å². The van der Waals surface area contributed by atoms with Gasteiger partial charge in [-0.25, -0.2) is 18.4 Å². The molecule has 0 saturated heterocycles. The van der Waals surface area contributed by atoms with Crippen LogP contribution in [0, 0.1) is 0 Å². The predicted octanol–water partition coefficient (Wildman–Crippen LogP) is 2.96. The summed E-state index contributed by atoms with van der Waals surface area (Å²) in [6, 6.07) is 10.1. The van der Waals surface area contributed by atoms with E-state index in [0.29, 0.717) is 21.3 Å². The van der Waals surface area contributed by atoms with Crippen LogP contribution in [-0.2, 0) is 16.6 Å². The Morgan fingerprint density at radius 1 is 1.09 bits per heavy atom. The monoisotopic (exact) mass is 373 g/mol. The third-order valence-corrected chi connectivity index (χ3v) is 4.38. The van der Waals surface area contributed by atoms with Gasteiger partial charge in [0.25, 0.3) is 0 Å². The molecule has 122 valence electrons. The first kappa shape index (κ1) is 17.6. The van der Waals surface area contributed by atoms with Gasteiger partial charge in [-0.15, -0.1) is 0 Å². The second-order valence-electron chi connectivity index (χ2n) is 4.62. The molecule has 0 aliphatic heterocycles. The van der Waals surface area contributed by atoms with Crippen molar-refractivity contribution in [1.29, 1.82) is 0 Å². The molecule has 0 fully saturated rings. The minimum atomic E-state index is -3.73. The van der Waals surface area contributed by atoms with E-state index >= 15 is 0 Å². The summed E-state index contributed by atoms with van der Waals surface area (Å²) in [6.45, 7) is 0.203. The lowest BCUT2D eigenvalue weighted by molar-refractivity contribution is 0.251. The number of hydrogen-bond acceptors (Lipinski definition) is 3. The van der Waals surface area contributed by atoms with E-state index in [1.54, 1.807) is 24.3 Å². The van der Waals surface area contributed by atoms with E-state index in [4.69, 9.17) is 28.3 Å². The second kappa shape index (κ2) is 7.18. The standard InChI is InChI=1S/C14H13Cl2N3O3S/c15-10-3-6-12(16)13(7-10)19-14(20)18-8-9-1-4-11(5-2-9)23(17,21)22/h1-7H,8H2,(H2,17,21,22)(H2,18,19,20). The molecule has 0 saturated carbocycles. The van der Waals surface area contributed by atoms with Gasteiger partial charge in [0.05, 0.1) is 15.6 Å². The van der Waals surface area contributed by atoms with E-state index in [0.717, 1.165) is 0 Å². The van der Waals surface area contributed by atoms with Gasteiger partial charge in [-0.05, 0) is 35.9 Å². The number of sulfonamides is 1. The molecule has 0 unspecified atom stereocenters. The molecule has 2 aromatic carbocycles. The summed E-state index contributed by atoms with van der Waals surface area (Å²) in [5, 5.41) is 11.0. The minimum Gasteiger partial charge on any atom is -0.334 e. The highest BCUT2D eigenvalue weighted by Gasteiger charge is 2.08. The molecular weight excluding hydrogens is 361 g/mol. The van der Waals surface area contributed by atoms with Crippen molar-refractivity contribution in [2.75, 3.05) is 5.32 Å². The molecule has 6 nitrogen and oxygen atoms in total. The first-order valence-electron chi connectivity index (χ1n) is 6.37. The lowest BCUT2D eigenvalue weighted by Crippen LogP contribution is -2.28. The van der Waals surface area contributed by atoms with Crippen molar-refractivity contribution in [3.8, 4) is 0 Å². The maximum absolute atomic E-state index is 11.8. The number of urea groups is 1. The quantitative estimate of drug-likeness (QED) is 0.767. The number of carbonyl (C=O) groups is 1. The van der Waals surface area contributed by atoms with Crippen molar-refractivity contribution in [2.24, 2.45) is 5.14 Å². The Bertz CT molecular complexity index is 824. The predicted molar refractivity (Wildman–Crippen MR) is 90.1 cm³/mol. The molecule has 2 amide bonds. The van der Waals surface area contributed by atoms with Crippen LogP contribution in [0.25, 0.3) is 0 Å². The van der Waals surface area contributed by atoms with Crippen molar-refractivity contribution in [2.45, 2.75) is 11.4 Å². The molecule has 23 heavy (non-hydrogen) atoms. The van der Waals surface area contributed by atoms with Gasteiger partial charge < -0.3 is 10.6 Å². The van der Waals surface area contributed by atoms with Crippen LogP contribution in [0.1, 0.15) is 5.56 Å². The first-order valence-corrected chi connectivity index (χ1v) is 8.67. The maximum atomic E-state index is 11.8. The Kier molecular flexibility index (Phi) is 5.48. The number of nitrogens with two attached hydrogens (primary N) is 1. The lowest BCUT2D eigenvalue weighted by atomic mass is 10.2. The van der Waals surface area contributed by atoms with Crippen molar-refractivity contribution in [1.82, 2.24) is 5.32 Å². The van der Waals surface area contributed by atoms with Crippen molar-refractivity contribution < 1.29 is 13.2 Å². The van der Waals surface area contributed by atoms with E-state index in [2.05, 4.69) is 10.6 Å². The molecule has 0 spiro atoms. The first-order chi connectivity index (χ1) is 10.8. The van der Waals surface area contributed by atoms with Crippen LogP contribution in [0.15, 0.2) is 47.4 Å². The van der Waals surface area contributed by atoms with E-state index < -0.39 is 16.1 Å². The van der Waals surface area contributed by atoms with Gasteiger partial charge in [0, 0.05) is 11.6 Å². The van der Waals surface area contributed by atoms with Gasteiger partial charge in [-0.2, -0.15) is 0 Å². The molecular formula is C14H13Cl2N3O3S. The molecule has 4 N–H and O–H groups in total.